The second kappa shape index (κ2) is 7.01. The Labute approximate surface area is 154 Å². The highest BCUT2D eigenvalue weighted by Gasteiger charge is 2.32. The van der Waals surface area contributed by atoms with Gasteiger partial charge in [-0.3, -0.25) is 4.79 Å². The topological polar surface area (TPSA) is 57.7 Å². The average Bonchev–Trinajstić information content (AvgIpc) is 3.04. The van der Waals surface area contributed by atoms with Crippen LogP contribution in [0, 0.1) is 0 Å². The maximum atomic E-state index is 12.8. The van der Waals surface area contributed by atoms with Gasteiger partial charge in [0.25, 0.3) is 0 Å². The number of aldehydes is 1. The predicted octanol–water partition coefficient (Wildman–Crippen LogP) is 3.38. The minimum atomic E-state index is -3.74. The largest absolute Gasteiger partial charge is 0.361 e. The Bertz CT molecular complexity index is 839. The maximum absolute atomic E-state index is 12.8. The second-order valence-corrected chi connectivity index (χ2v) is 9.02. The molecular formula is C15H14Cl2N2O3S2. The molecule has 0 aliphatic carbocycles. The SMILES string of the molecule is O=Cc1ccc(N2CCN(S(=O)(=O)c3c(Cl)cccc3Cl)CC2)s1. The van der Waals surface area contributed by atoms with Crippen molar-refractivity contribution in [3.05, 3.63) is 45.3 Å². The fraction of sp³-hybridized carbons (Fsp3) is 0.267. The molecule has 1 aliphatic rings. The van der Waals surface area contributed by atoms with Crippen molar-refractivity contribution in [1.29, 1.82) is 0 Å². The molecule has 0 spiro atoms. The van der Waals surface area contributed by atoms with Gasteiger partial charge in [-0.05, 0) is 24.3 Å². The number of benzene rings is 1. The summed E-state index contributed by atoms with van der Waals surface area (Å²) in [5.41, 5.74) is 0. The van der Waals surface area contributed by atoms with Crippen molar-refractivity contribution < 1.29 is 13.2 Å². The highest BCUT2D eigenvalue weighted by Crippen LogP contribution is 2.33. The lowest BCUT2D eigenvalue weighted by atomic mass is 10.3. The van der Waals surface area contributed by atoms with Crippen molar-refractivity contribution in [2.24, 2.45) is 0 Å². The first kappa shape index (κ1) is 17.7. The van der Waals surface area contributed by atoms with Crippen molar-refractivity contribution >= 4 is 55.8 Å². The molecule has 1 aromatic heterocycles. The minimum absolute atomic E-state index is 0.0406. The van der Waals surface area contributed by atoms with E-state index in [0.717, 1.165) is 11.3 Å². The Balaban J connectivity index is 1.77. The van der Waals surface area contributed by atoms with Crippen LogP contribution in [0.25, 0.3) is 0 Å². The Morgan fingerprint density at radius 2 is 1.62 bits per heavy atom. The van der Waals surface area contributed by atoms with Gasteiger partial charge in [0.1, 0.15) is 4.90 Å². The zero-order chi connectivity index (χ0) is 17.3. The number of anilines is 1. The summed E-state index contributed by atoms with van der Waals surface area (Å²) in [5.74, 6) is 0. The van der Waals surface area contributed by atoms with E-state index in [2.05, 4.69) is 4.90 Å². The molecule has 5 nitrogen and oxygen atoms in total. The number of nitrogens with zero attached hydrogens (tertiary/aromatic N) is 2. The number of piperazine rings is 1. The quantitative estimate of drug-likeness (QED) is 0.732. The summed E-state index contributed by atoms with van der Waals surface area (Å²) < 4.78 is 27.0. The monoisotopic (exact) mass is 404 g/mol. The smallest absolute Gasteiger partial charge is 0.246 e. The van der Waals surface area contributed by atoms with E-state index < -0.39 is 10.0 Å². The van der Waals surface area contributed by atoms with Crippen LogP contribution in [-0.2, 0) is 10.0 Å². The van der Waals surface area contributed by atoms with E-state index in [1.165, 1.54) is 27.8 Å². The van der Waals surface area contributed by atoms with Crippen molar-refractivity contribution in [2.45, 2.75) is 4.90 Å². The standard InChI is InChI=1S/C15H14Cl2N2O3S2/c16-12-2-1-3-13(17)15(12)24(21,22)19-8-6-18(7-9-19)14-5-4-11(10-20)23-14/h1-5,10H,6-9H2. The molecular weight excluding hydrogens is 391 g/mol. The fourth-order valence-corrected chi connectivity index (χ4v) is 5.97. The average molecular weight is 405 g/mol. The van der Waals surface area contributed by atoms with E-state index in [9.17, 15) is 13.2 Å². The lowest BCUT2D eigenvalue weighted by Crippen LogP contribution is -2.48. The molecule has 1 fully saturated rings. The summed E-state index contributed by atoms with van der Waals surface area (Å²) in [5, 5.41) is 1.21. The normalized spacial score (nSPS) is 16.3. The summed E-state index contributed by atoms with van der Waals surface area (Å²) in [4.78, 5) is 13.5. The van der Waals surface area contributed by atoms with Gasteiger partial charge in [-0.2, -0.15) is 4.31 Å². The molecule has 24 heavy (non-hydrogen) atoms. The van der Waals surface area contributed by atoms with Crippen LogP contribution in [-0.4, -0.2) is 45.2 Å². The predicted molar refractivity (Wildman–Crippen MR) is 97.1 cm³/mol. The lowest BCUT2D eigenvalue weighted by molar-refractivity contribution is 0.112. The van der Waals surface area contributed by atoms with Crippen LogP contribution in [0.3, 0.4) is 0 Å². The van der Waals surface area contributed by atoms with Gasteiger partial charge in [0.15, 0.2) is 6.29 Å². The van der Waals surface area contributed by atoms with E-state index in [1.54, 1.807) is 12.1 Å². The summed E-state index contributed by atoms with van der Waals surface area (Å²) in [7, 11) is -3.74. The molecule has 0 bridgehead atoms. The van der Waals surface area contributed by atoms with E-state index in [4.69, 9.17) is 23.2 Å². The number of thiophene rings is 1. The van der Waals surface area contributed by atoms with Crippen molar-refractivity contribution in [3.8, 4) is 0 Å². The zero-order valence-electron chi connectivity index (χ0n) is 12.5. The third-order valence-electron chi connectivity index (χ3n) is 3.80. The number of hydrogen-bond donors (Lipinski definition) is 0. The zero-order valence-corrected chi connectivity index (χ0v) is 15.6. The highest BCUT2D eigenvalue weighted by molar-refractivity contribution is 7.89. The number of carbonyl (C=O) groups is 1. The van der Waals surface area contributed by atoms with Gasteiger partial charge < -0.3 is 4.90 Å². The molecule has 0 amide bonds. The molecule has 0 atom stereocenters. The molecule has 1 saturated heterocycles. The maximum Gasteiger partial charge on any atom is 0.246 e. The third-order valence-corrected chi connectivity index (χ3v) is 7.72. The Morgan fingerprint density at radius 1 is 1.00 bits per heavy atom. The molecule has 3 rings (SSSR count). The molecule has 0 unspecified atom stereocenters. The molecule has 0 radical (unpaired) electrons. The van der Waals surface area contributed by atoms with Crippen LogP contribution >= 0.6 is 34.5 Å². The summed E-state index contributed by atoms with van der Waals surface area (Å²) >= 11 is 13.5. The van der Waals surface area contributed by atoms with Crippen molar-refractivity contribution in [2.75, 3.05) is 31.1 Å². The first-order chi connectivity index (χ1) is 11.4. The summed E-state index contributed by atoms with van der Waals surface area (Å²) in [6.45, 7) is 1.75. The number of sulfonamides is 1. The molecule has 2 aromatic rings. The molecule has 0 saturated carbocycles. The molecule has 128 valence electrons. The number of halogens is 2. The van der Waals surface area contributed by atoms with Crippen molar-refractivity contribution in [1.82, 2.24) is 4.31 Å². The van der Waals surface area contributed by atoms with Gasteiger partial charge in [0.05, 0.1) is 19.9 Å². The third kappa shape index (κ3) is 3.32. The Kier molecular flexibility index (Phi) is 5.17. The van der Waals surface area contributed by atoms with Crippen LogP contribution in [0.1, 0.15) is 9.67 Å². The van der Waals surface area contributed by atoms with E-state index >= 15 is 0 Å². The molecule has 2 heterocycles. The molecule has 9 heteroatoms. The van der Waals surface area contributed by atoms with Crippen LogP contribution in [0.2, 0.25) is 10.0 Å². The van der Waals surface area contributed by atoms with Crippen LogP contribution in [0.15, 0.2) is 35.2 Å². The van der Waals surface area contributed by atoms with Gasteiger partial charge in [0.2, 0.25) is 10.0 Å². The van der Waals surface area contributed by atoms with E-state index in [1.807, 2.05) is 6.07 Å². The van der Waals surface area contributed by atoms with Gasteiger partial charge in [0, 0.05) is 26.2 Å². The first-order valence-corrected chi connectivity index (χ1v) is 10.2. The van der Waals surface area contributed by atoms with E-state index in [0.29, 0.717) is 31.1 Å². The first-order valence-electron chi connectivity index (χ1n) is 7.17. The second-order valence-electron chi connectivity index (χ2n) is 5.24. The van der Waals surface area contributed by atoms with Crippen LogP contribution < -0.4 is 4.90 Å². The van der Waals surface area contributed by atoms with Gasteiger partial charge >= 0.3 is 0 Å². The summed E-state index contributed by atoms with van der Waals surface area (Å²) in [6, 6.07) is 8.29. The molecule has 0 N–H and O–H groups in total. The van der Waals surface area contributed by atoms with Crippen molar-refractivity contribution in [3.63, 3.8) is 0 Å². The van der Waals surface area contributed by atoms with Gasteiger partial charge in [-0.15, -0.1) is 11.3 Å². The van der Waals surface area contributed by atoms with Crippen LogP contribution in [0.4, 0.5) is 5.00 Å². The number of carbonyl (C=O) groups excluding carboxylic acids is 1. The highest BCUT2D eigenvalue weighted by atomic mass is 35.5. The fourth-order valence-electron chi connectivity index (χ4n) is 2.58. The van der Waals surface area contributed by atoms with Gasteiger partial charge in [-0.25, -0.2) is 8.42 Å². The molecule has 1 aliphatic heterocycles. The van der Waals surface area contributed by atoms with Gasteiger partial charge in [-0.1, -0.05) is 29.3 Å². The van der Waals surface area contributed by atoms with Crippen LogP contribution in [0.5, 0.6) is 0 Å². The van der Waals surface area contributed by atoms with E-state index in [-0.39, 0.29) is 14.9 Å². The Morgan fingerprint density at radius 3 is 2.17 bits per heavy atom. The number of rotatable bonds is 4. The Hall–Kier alpha value is -1.12. The minimum Gasteiger partial charge on any atom is -0.361 e. The number of hydrogen-bond acceptors (Lipinski definition) is 5. The lowest BCUT2D eigenvalue weighted by Gasteiger charge is -2.34. The molecule has 1 aromatic carbocycles. The summed E-state index contributed by atoms with van der Waals surface area (Å²) in [6.07, 6.45) is 0.814.